The van der Waals surface area contributed by atoms with Gasteiger partial charge in [0, 0.05) is 30.9 Å². The van der Waals surface area contributed by atoms with Crippen molar-refractivity contribution >= 4 is 15.9 Å². The summed E-state index contributed by atoms with van der Waals surface area (Å²) >= 11 is 3.63. The third-order valence-corrected chi connectivity index (χ3v) is 4.38. The minimum Gasteiger partial charge on any atom is -0.395 e. The highest BCUT2D eigenvalue weighted by molar-refractivity contribution is 9.09. The van der Waals surface area contributed by atoms with Crippen LogP contribution in [0.4, 0.5) is 0 Å². The maximum Gasteiger partial charge on any atom is 0.0558 e. The maximum absolute atomic E-state index is 9.32. The number of alkyl halides is 1. The van der Waals surface area contributed by atoms with Gasteiger partial charge >= 0.3 is 0 Å². The first-order chi connectivity index (χ1) is 10.3. The first kappa shape index (κ1) is 16.2. The highest BCUT2D eigenvalue weighted by Crippen LogP contribution is 2.20. The number of aliphatic hydroxyl groups excluding tert-OH is 1. The summed E-state index contributed by atoms with van der Waals surface area (Å²) in [7, 11) is 0. The van der Waals surface area contributed by atoms with Gasteiger partial charge in [-0.15, -0.1) is 0 Å². The van der Waals surface area contributed by atoms with Crippen LogP contribution in [0.25, 0.3) is 0 Å². The van der Waals surface area contributed by atoms with Crippen LogP contribution in [0.15, 0.2) is 60.7 Å². The van der Waals surface area contributed by atoms with Gasteiger partial charge in [0.2, 0.25) is 0 Å². The quantitative estimate of drug-likeness (QED) is 0.736. The van der Waals surface area contributed by atoms with Gasteiger partial charge in [0.05, 0.1) is 6.61 Å². The van der Waals surface area contributed by atoms with Crippen molar-refractivity contribution in [1.82, 2.24) is 4.90 Å². The number of aliphatic hydroxyl groups is 1. The molecule has 0 aromatic heterocycles. The lowest BCUT2D eigenvalue weighted by Gasteiger charge is -2.26. The molecule has 0 aliphatic heterocycles. The minimum absolute atomic E-state index is 0.191. The van der Waals surface area contributed by atoms with E-state index in [-0.39, 0.29) is 6.61 Å². The molecule has 2 rings (SSSR count). The molecule has 0 saturated heterocycles. The Hall–Kier alpha value is -1.16. The molecule has 3 heteroatoms. The van der Waals surface area contributed by atoms with Gasteiger partial charge in [-0.25, -0.2) is 0 Å². The third-order valence-electron chi connectivity index (χ3n) is 3.60. The molecule has 0 bridgehead atoms. The zero-order valence-electron chi connectivity index (χ0n) is 12.2. The van der Waals surface area contributed by atoms with Gasteiger partial charge in [-0.2, -0.15) is 0 Å². The lowest BCUT2D eigenvalue weighted by Crippen LogP contribution is -2.31. The fourth-order valence-corrected chi connectivity index (χ4v) is 3.08. The highest BCUT2D eigenvalue weighted by atomic mass is 79.9. The Morgan fingerprint density at radius 1 is 0.952 bits per heavy atom. The fraction of sp³-hybridized carbons (Fsp3) is 0.333. The summed E-state index contributed by atoms with van der Waals surface area (Å²) in [6.07, 6.45) is 0. The summed E-state index contributed by atoms with van der Waals surface area (Å²) in [5.41, 5.74) is 2.62. The number of rotatable bonds is 8. The number of hydrogen-bond acceptors (Lipinski definition) is 2. The number of nitrogens with zero attached hydrogens (tertiary/aromatic N) is 1. The molecule has 2 aromatic carbocycles. The van der Waals surface area contributed by atoms with E-state index < -0.39 is 0 Å². The van der Waals surface area contributed by atoms with Crippen molar-refractivity contribution in [2.75, 3.05) is 25.0 Å². The normalized spacial score (nSPS) is 12.5. The molecule has 1 atom stereocenters. The van der Waals surface area contributed by atoms with Crippen molar-refractivity contribution in [3.8, 4) is 0 Å². The fourth-order valence-electron chi connectivity index (χ4n) is 2.50. The third kappa shape index (κ3) is 5.27. The van der Waals surface area contributed by atoms with Gasteiger partial charge < -0.3 is 5.11 Å². The summed E-state index contributed by atoms with van der Waals surface area (Å²) in [5, 5.41) is 10.2. The Morgan fingerprint density at radius 3 is 2.14 bits per heavy atom. The molecule has 112 valence electrons. The summed E-state index contributed by atoms with van der Waals surface area (Å²) in [6.45, 7) is 2.70. The molecule has 2 nitrogen and oxygen atoms in total. The van der Waals surface area contributed by atoms with E-state index in [0.29, 0.717) is 12.5 Å². The number of hydrogen-bond donors (Lipinski definition) is 1. The van der Waals surface area contributed by atoms with E-state index in [0.717, 1.165) is 18.4 Å². The van der Waals surface area contributed by atoms with Crippen LogP contribution in [0, 0.1) is 0 Å². The predicted molar refractivity (Wildman–Crippen MR) is 91.8 cm³/mol. The topological polar surface area (TPSA) is 23.5 Å². The Morgan fingerprint density at radius 2 is 1.57 bits per heavy atom. The first-order valence-electron chi connectivity index (χ1n) is 7.31. The molecule has 2 aromatic rings. The zero-order chi connectivity index (χ0) is 14.9. The molecule has 0 fully saturated rings. The van der Waals surface area contributed by atoms with Crippen LogP contribution in [0.3, 0.4) is 0 Å². The standard InChI is InChI=1S/C18H22BrNO/c19-13-18(17-9-5-2-6-10-17)15-20(11-12-21)14-16-7-3-1-4-8-16/h1-10,18,21H,11-15H2. The van der Waals surface area contributed by atoms with Crippen molar-refractivity contribution in [3.63, 3.8) is 0 Å². The summed E-state index contributed by atoms with van der Waals surface area (Å²) in [5.74, 6) is 0.432. The van der Waals surface area contributed by atoms with E-state index in [9.17, 15) is 5.11 Å². The second-order valence-corrected chi connectivity index (χ2v) is 5.85. The molecule has 0 amide bonds. The van der Waals surface area contributed by atoms with Crippen LogP contribution < -0.4 is 0 Å². The zero-order valence-corrected chi connectivity index (χ0v) is 13.7. The van der Waals surface area contributed by atoms with Crippen LogP contribution in [0.1, 0.15) is 17.0 Å². The lowest BCUT2D eigenvalue weighted by molar-refractivity contribution is 0.184. The Kier molecular flexibility index (Phi) is 6.93. The van der Waals surface area contributed by atoms with Crippen LogP contribution in [0.5, 0.6) is 0 Å². The molecule has 0 heterocycles. The molecule has 0 spiro atoms. The Bertz CT molecular complexity index is 503. The molecular weight excluding hydrogens is 326 g/mol. The van der Waals surface area contributed by atoms with Gasteiger partial charge in [0.25, 0.3) is 0 Å². The average Bonchev–Trinajstić information content (AvgIpc) is 2.54. The van der Waals surface area contributed by atoms with Gasteiger partial charge in [0.15, 0.2) is 0 Å². The average molecular weight is 348 g/mol. The maximum atomic E-state index is 9.32. The molecular formula is C18H22BrNO. The van der Waals surface area contributed by atoms with Gasteiger partial charge in [0.1, 0.15) is 0 Å². The number of benzene rings is 2. The van der Waals surface area contributed by atoms with E-state index in [1.165, 1.54) is 11.1 Å². The van der Waals surface area contributed by atoms with Crippen LogP contribution in [-0.4, -0.2) is 35.0 Å². The van der Waals surface area contributed by atoms with Crippen molar-refractivity contribution in [3.05, 3.63) is 71.8 Å². The van der Waals surface area contributed by atoms with E-state index >= 15 is 0 Å². The molecule has 0 aliphatic rings. The molecule has 1 N–H and O–H groups in total. The summed E-state index contributed by atoms with van der Waals surface area (Å²) in [4.78, 5) is 2.31. The van der Waals surface area contributed by atoms with Gasteiger partial charge in [-0.05, 0) is 11.1 Å². The van der Waals surface area contributed by atoms with Crippen LogP contribution >= 0.6 is 15.9 Å². The Balaban J connectivity index is 2.04. The van der Waals surface area contributed by atoms with Crippen LogP contribution in [0.2, 0.25) is 0 Å². The van der Waals surface area contributed by atoms with E-state index in [4.69, 9.17) is 0 Å². The smallest absolute Gasteiger partial charge is 0.0558 e. The SMILES string of the molecule is OCCN(Cc1ccccc1)CC(CBr)c1ccccc1. The predicted octanol–water partition coefficient (Wildman–Crippen LogP) is 3.66. The van der Waals surface area contributed by atoms with E-state index in [1.54, 1.807) is 0 Å². The second kappa shape index (κ2) is 8.98. The Labute approximate surface area is 135 Å². The van der Waals surface area contributed by atoms with Crippen molar-refractivity contribution in [2.45, 2.75) is 12.5 Å². The summed E-state index contributed by atoms with van der Waals surface area (Å²) < 4.78 is 0. The van der Waals surface area contributed by atoms with Crippen molar-refractivity contribution in [2.24, 2.45) is 0 Å². The van der Waals surface area contributed by atoms with E-state index in [2.05, 4.69) is 69.4 Å². The molecule has 21 heavy (non-hydrogen) atoms. The van der Waals surface area contributed by atoms with Crippen LogP contribution in [-0.2, 0) is 6.54 Å². The first-order valence-corrected chi connectivity index (χ1v) is 8.43. The molecule has 0 radical (unpaired) electrons. The van der Waals surface area contributed by atoms with Crippen molar-refractivity contribution in [1.29, 1.82) is 0 Å². The number of halogens is 1. The molecule has 0 aliphatic carbocycles. The molecule has 0 saturated carbocycles. The monoisotopic (exact) mass is 347 g/mol. The minimum atomic E-state index is 0.191. The summed E-state index contributed by atoms with van der Waals surface area (Å²) in [6, 6.07) is 21.0. The molecule has 1 unspecified atom stereocenters. The lowest BCUT2D eigenvalue weighted by atomic mass is 10.0. The van der Waals surface area contributed by atoms with E-state index in [1.807, 2.05) is 12.1 Å². The van der Waals surface area contributed by atoms with Crippen molar-refractivity contribution < 1.29 is 5.11 Å². The van der Waals surface area contributed by atoms with Gasteiger partial charge in [-0.1, -0.05) is 76.6 Å². The highest BCUT2D eigenvalue weighted by Gasteiger charge is 2.15. The second-order valence-electron chi connectivity index (χ2n) is 5.21. The van der Waals surface area contributed by atoms with Gasteiger partial charge in [-0.3, -0.25) is 4.90 Å². The largest absolute Gasteiger partial charge is 0.395 e.